The van der Waals surface area contributed by atoms with Gasteiger partial charge < -0.3 is 14.2 Å². The van der Waals surface area contributed by atoms with Gasteiger partial charge >= 0.3 is 0 Å². The van der Waals surface area contributed by atoms with E-state index in [4.69, 9.17) is 23.8 Å². The molecule has 6 heteroatoms. The van der Waals surface area contributed by atoms with Crippen LogP contribution in [0.15, 0.2) is 142 Å². The van der Waals surface area contributed by atoms with Gasteiger partial charge in [0.1, 0.15) is 22.3 Å². The fraction of sp³-hybridized carbons (Fsp3) is 0.0652. The molecular weight excluding hydrogens is 641 g/mol. The van der Waals surface area contributed by atoms with E-state index < -0.39 is 0 Å². The van der Waals surface area contributed by atoms with E-state index in [1.807, 2.05) is 18.2 Å². The highest BCUT2D eigenvalue weighted by Gasteiger charge is 2.24. The number of nitrogens with one attached hydrogen (secondary N) is 1. The number of aromatic nitrogens is 3. The topological polar surface area (TPSA) is 77.0 Å². The molecule has 6 aromatic carbocycles. The van der Waals surface area contributed by atoms with Crippen molar-refractivity contribution in [3.63, 3.8) is 0 Å². The number of rotatable bonds is 4. The molecule has 0 bridgehead atoms. The Morgan fingerprint density at radius 1 is 0.577 bits per heavy atom. The van der Waals surface area contributed by atoms with Gasteiger partial charge in [0.25, 0.3) is 0 Å². The maximum absolute atomic E-state index is 6.93. The molecule has 1 N–H and O–H groups in total. The van der Waals surface area contributed by atoms with Gasteiger partial charge in [-0.2, -0.15) is 0 Å². The maximum Gasteiger partial charge on any atom is 0.164 e. The first-order chi connectivity index (χ1) is 25.7. The molecule has 2 aliphatic rings. The van der Waals surface area contributed by atoms with Gasteiger partial charge in [-0.15, -0.1) is 0 Å². The molecule has 6 nitrogen and oxygen atoms in total. The predicted molar refractivity (Wildman–Crippen MR) is 212 cm³/mol. The molecule has 52 heavy (non-hydrogen) atoms. The lowest BCUT2D eigenvalue weighted by molar-refractivity contribution is 0.668. The van der Waals surface area contributed by atoms with Crippen molar-refractivity contribution in [2.75, 3.05) is 11.9 Å². The summed E-state index contributed by atoms with van der Waals surface area (Å²) in [7, 11) is 0. The Balaban J connectivity index is 1.21. The van der Waals surface area contributed by atoms with Crippen molar-refractivity contribution in [2.45, 2.75) is 12.8 Å². The summed E-state index contributed by atoms with van der Waals surface area (Å²) in [5.74, 6) is 1.95. The summed E-state index contributed by atoms with van der Waals surface area (Å²) < 4.78 is 13.2. The molecule has 11 rings (SSSR count). The van der Waals surface area contributed by atoms with Crippen LogP contribution in [0, 0.1) is 0 Å². The van der Waals surface area contributed by atoms with E-state index in [1.54, 1.807) is 0 Å². The molecule has 0 unspecified atom stereocenters. The Morgan fingerprint density at radius 2 is 1.42 bits per heavy atom. The van der Waals surface area contributed by atoms with Gasteiger partial charge in [0, 0.05) is 56.0 Å². The number of para-hydroxylation sites is 1. The van der Waals surface area contributed by atoms with Crippen LogP contribution in [0.25, 0.3) is 100 Å². The monoisotopic (exact) mass is 670 g/mol. The summed E-state index contributed by atoms with van der Waals surface area (Å²) in [6, 6.07) is 37.9. The molecule has 0 spiro atoms. The third-order valence-electron chi connectivity index (χ3n) is 10.4. The minimum Gasteiger partial charge on any atom is -0.456 e. The van der Waals surface area contributed by atoms with E-state index >= 15 is 0 Å². The number of hydrogen-bond donors (Lipinski definition) is 1. The zero-order valence-corrected chi connectivity index (χ0v) is 28.1. The van der Waals surface area contributed by atoms with Crippen LogP contribution < -0.4 is 5.32 Å². The van der Waals surface area contributed by atoms with Gasteiger partial charge in [-0.1, -0.05) is 97.1 Å². The number of benzene rings is 6. The second kappa shape index (κ2) is 11.4. The van der Waals surface area contributed by atoms with Crippen LogP contribution in [-0.4, -0.2) is 21.5 Å². The molecule has 3 aromatic heterocycles. The number of allylic oxidation sites excluding steroid dienone is 4. The van der Waals surface area contributed by atoms with Gasteiger partial charge in [0.15, 0.2) is 17.5 Å². The van der Waals surface area contributed by atoms with Crippen LogP contribution in [0.5, 0.6) is 0 Å². The fourth-order valence-electron chi connectivity index (χ4n) is 7.87. The van der Waals surface area contributed by atoms with Gasteiger partial charge in [-0.25, -0.2) is 15.0 Å². The summed E-state index contributed by atoms with van der Waals surface area (Å²) in [6.45, 7) is 0.775. The highest BCUT2D eigenvalue weighted by atomic mass is 16.3. The van der Waals surface area contributed by atoms with E-state index in [1.165, 1.54) is 5.39 Å². The van der Waals surface area contributed by atoms with Crippen molar-refractivity contribution in [2.24, 2.45) is 0 Å². The quantitative estimate of drug-likeness (QED) is 0.201. The zero-order chi connectivity index (χ0) is 34.2. The molecule has 0 saturated carbocycles. The number of anilines is 1. The third kappa shape index (κ3) is 4.54. The molecule has 0 amide bonds. The van der Waals surface area contributed by atoms with Crippen LogP contribution in [0.1, 0.15) is 24.2 Å². The lowest BCUT2D eigenvalue weighted by Gasteiger charge is -2.14. The van der Waals surface area contributed by atoms with Crippen LogP contribution in [0.4, 0.5) is 5.69 Å². The molecule has 246 valence electrons. The third-order valence-corrected chi connectivity index (χ3v) is 10.4. The first-order valence-electron chi connectivity index (χ1n) is 17.7. The molecule has 1 aliphatic heterocycles. The van der Waals surface area contributed by atoms with Crippen LogP contribution in [0.2, 0.25) is 0 Å². The van der Waals surface area contributed by atoms with Crippen LogP contribution >= 0.6 is 0 Å². The van der Waals surface area contributed by atoms with E-state index in [9.17, 15) is 0 Å². The number of furan rings is 2. The summed E-state index contributed by atoms with van der Waals surface area (Å²) in [4.78, 5) is 15.5. The Bertz CT molecular complexity index is 3030. The predicted octanol–water partition coefficient (Wildman–Crippen LogP) is 12.0. The number of nitrogens with zero attached hydrogens (tertiary/aromatic N) is 3. The Kier molecular flexibility index (Phi) is 6.34. The normalized spacial score (nSPS) is 14.0. The summed E-state index contributed by atoms with van der Waals surface area (Å²) >= 11 is 0. The van der Waals surface area contributed by atoms with E-state index in [0.717, 1.165) is 108 Å². The lowest BCUT2D eigenvalue weighted by atomic mass is 9.94. The second-order valence-corrected chi connectivity index (χ2v) is 13.5. The van der Waals surface area contributed by atoms with Crippen molar-refractivity contribution < 1.29 is 8.83 Å². The first-order valence-corrected chi connectivity index (χ1v) is 17.7. The molecule has 0 atom stereocenters. The smallest absolute Gasteiger partial charge is 0.164 e. The standard InChI is InChI=1S/C46H30N4O2/c1-2-11-28(12-3-1)44-48-45(31-20-19-27-10-4-5-13-29(27)24-31)50-46(49-44)35-22-21-33(32-16-8-18-39-41(32)34-15-6-7-17-38(34)51-39)43-42(35)36-26-37-30(14-9-23-47-37)25-40(36)52-43/h1-2,4-11,13-22,24-26,47H,3,12,23H2. The molecule has 4 heterocycles. The van der Waals surface area contributed by atoms with Crippen molar-refractivity contribution in [3.05, 3.63) is 145 Å². The van der Waals surface area contributed by atoms with Crippen molar-refractivity contribution in [3.8, 4) is 33.9 Å². The van der Waals surface area contributed by atoms with Gasteiger partial charge in [0.2, 0.25) is 0 Å². The largest absolute Gasteiger partial charge is 0.456 e. The van der Waals surface area contributed by atoms with E-state index in [2.05, 4.69) is 127 Å². The molecule has 1 aliphatic carbocycles. The van der Waals surface area contributed by atoms with Crippen molar-refractivity contribution in [1.82, 2.24) is 15.0 Å². The minimum absolute atomic E-state index is 0.611. The SMILES string of the molecule is C1=CCCC(c2nc(-c3ccc4ccccc4c3)nc(-c3ccc(-c4cccc5oc6ccccc6c45)c4oc5cc6c(cc5c34)NCC=C6)n2)=C1. The number of hydrogen-bond acceptors (Lipinski definition) is 6. The van der Waals surface area contributed by atoms with Crippen LogP contribution in [-0.2, 0) is 0 Å². The fourth-order valence-corrected chi connectivity index (χ4v) is 7.87. The van der Waals surface area contributed by atoms with Gasteiger partial charge in [-0.3, -0.25) is 0 Å². The average molecular weight is 671 g/mol. The number of fused-ring (bicyclic) bond motifs is 8. The highest BCUT2D eigenvalue weighted by Crippen LogP contribution is 2.46. The highest BCUT2D eigenvalue weighted by molar-refractivity contribution is 6.20. The molecule has 0 radical (unpaired) electrons. The second-order valence-electron chi connectivity index (χ2n) is 13.5. The summed E-state index contributed by atoms with van der Waals surface area (Å²) in [5.41, 5.74) is 10.4. The minimum atomic E-state index is 0.611. The summed E-state index contributed by atoms with van der Waals surface area (Å²) in [6.07, 6.45) is 12.5. The zero-order valence-electron chi connectivity index (χ0n) is 28.1. The Labute approximate surface area is 298 Å². The van der Waals surface area contributed by atoms with E-state index in [0.29, 0.717) is 17.5 Å². The van der Waals surface area contributed by atoms with Gasteiger partial charge in [0.05, 0.1) is 0 Å². The van der Waals surface area contributed by atoms with Crippen molar-refractivity contribution in [1.29, 1.82) is 0 Å². The van der Waals surface area contributed by atoms with Crippen molar-refractivity contribution >= 4 is 72.0 Å². The summed E-state index contributed by atoms with van der Waals surface area (Å²) in [5, 5.41) is 9.99. The Hall–Kier alpha value is -6.79. The average Bonchev–Trinajstić information content (AvgIpc) is 3.78. The van der Waals surface area contributed by atoms with E-state index in [-0.39, 0.29) is 0 Å². The van der Waals surface area contributed by atoms with Crippen LogP contribution in [0.3, 0.4) is 0 Å². The Morgan fingerprint density at radius 3 is 2.37 bits per heavy atom. The molecule has 0 fully saturated rings. The molecular formula is C46H30N4O2. The maximum atomic E-state index is 6.93. The molecule has 9 aromatic rings. The molecule has 0 saturated heterocycles. The lowest BCUT2D eigenvalue weighted by Crippen LogP contribution is -2.04. The first kappa shape index (κ1) is 29.0. The van der Waals surface area contributed by atoms with Gasteiger partial charge in [-0.05, 0) is 77.2 Å².